The molecule has 0 aliphatic carbocycles. The molecule has 0 aliphatic rings. The number of pyridine rings is 1. The number of nitrogens with zero attached hydrogens (tertiary/aromatic N) is 5. The number of carbonyl (C=O) groups is 1. The van der Waals surface area contributed by atoms with Crippen LogP contribution in [0.3, 0.4) is 0 Å². The number of rotatable bonds is 4. The van der Waals surface area contributed by atoms with E-state index in [1.165, 1.54) is 23.1 Å². The van der Waals surface area contributed by atoms with Crippen LogP contribution in [0.1, 0.15) is 15.9 Å². The third-order valence-electron chi connectivity index (χ3n) is 3.00. The summed E-state index contributed by atoms with van der Waals surface area (Å²) in [5.74, 6) is -0.923. The van der Waals surface area contributed by atoms with Gasteiger partial charge in [-0.1, -0.05) is 0 Å². The van der Waals surface area contributed by atoms with E-state index in [2.05, 4.69) is 25.8 Å². The standard InChI is InChI=1S/C14H11FN6O/c15-11-1-2-13(21-9-18-19-20-21)12(7-11)14(22)17-8-10-3-5-16-6-4-10/h1-7,9H,8H2,(H,17,22). The lowest BCUT2D eigenvalue weighted by molar-refractivity contribution is 0.0950. The molecule has 3 aromatic rings. The van der Waals surface area contributed by atoms with Gasteiger partial charge >= 0.3 is 0 Å². The molecular weight excluding hydrogens is 287 g/mol. The molecule has 0 atom stereocenters. The number of halogens is 1. The average molecular weight is 298 g/mol. The van der Waals surface area contributed by atoms with Crippen molar-refractivity contribution in [1.29, 1.82) is 0 Å². The van der Waals surface area contributed by atoms with Crippen LogP contribution in [0.5, 0.6) is 0 Å². The topological polar surface area (TPSA) is 85.6 Å². The van der Waals surface area contributed by atoms with Crippen LogP contribution in [0.15, 0.2) is 49.1 Å². The van der Waals surface area contributed by atoms with Gasteiger partial charge in [0.15, 0.2) is 0 Å². The zero-order valence-electron chi connectivity index (χ0n) is 11.3. The van der Waals surface area contributed by atoms with Gasteiger partial charge in [0.05, 0.1) is 11.3 Å². The summed E-state index contributed by atoms with van der Waals surface area (Å²) in [6.07, 6.45) is 4.61. The Morgan fingerprint density at radius 3 is 2.77 bits per heavy atom. The highest BCUT2D eigenvalue weighted by atomic mass is 19.1. The van der Waals surface area contributed by atoms with Crippen molar-refractivity contribution in [1.82, 2.24) is 30.5 Å². The Balaban J connectivity index is 1.84. The Morgan fingerprint density at radius 1 is 1.23 bits per heavy atom. The number of tetrazole rings is 1. The smallest absolute Gasteiger partial charge is 0.253 e. The summed E-state index contributed by atoms with van der Waals surface area (Å²) in [5, 5.41) is 13.5. The molecule has 2 aromatic heterocycles. The zero-order valence-corrected chi connectivity index (χ0v) is 11.3. The fourth-order valence-electron chi connectivity index (χ4n) is 1.94. The van der Waals surface area contributed by atoms with Crippen molar-refractivity contribution in [2.45, 2.75) is 6.54 Å². The van der Waals surface area contributed by atoms with Gasteiger partial charge < -0.3 is 5.32 Å². The predicted octanol–water partition coefficient (Wildman–Crippen LogP) is 1.13. The highest BCUT2D eigenvalue weighted by Crippen LogP contribution is 2.15. The minimum Gasteiger partial charge on any atom is -0.348 e. The van der Waals surface area contributed by atoms with E-state index in [0.717, 1.165) is 11.6 Å². The first kappa shape index (κ1) is 13.8. The van der Waals surface area contributed by atoms with Gasteiger partial charge in [-0.2, -0.15) is 4.68 Å². The fraction of sp³-hybridized carbons (Fsp3) is 0.0714. The van der Waals surface area contributed by atoms with Crippen LogP contribution in [-0.2, 0) is 6.54 Å². The molecule has 8 heteroatoms. The van der Waals surface area contributed by atoms with Gasteiger partial charge in [0, 0.05) is 18.9 Å². The molecule has 0 aliphatic heterocycles. The Bertz CT molecular complexity index is 775. The highest BCUT2D eigenvalue weighted by Gasteiger charge is 2.14. The molecule has 0 radical (unpaired) electrons. The minimum absolute atomic E-state index is 0.154. The number of nitrogens with one attached hydrogen (secondary N) is 1. The summed E-state index contributed by atoms with van der Waals surface area (Å²) < 4.78 is 14.8. The number of carbonyl (C=O) groups excluding carboxylic acids is 1. The fourth-order valence-corrected chi connectivity index (χ4v) is 1.94. The largest absolute Gasteiger partial charge is 0.348 e. The molecule has 0 spiro atoms. The number of benzene rings is 1. The lowest BCUT2D eigenvalue weighted by atomic mass is 10.1. The lowest BCUT2D eigenvalue weighted by Gasteiger charge is -2.09. The van der Waals surface area contributed by atoms with Crippen LogP contribution in [0.25, 0.3) is 5.69 Å². The second kappa shape index (κ2) is 6.08. The van der Waals surface area contributed by atoms with E-state index >= 15 is 0 Å². The van der Waals surface area contributed by atoms with Crippen LogP contribution < -0.4 is 5.32 Å². The van der Waals surface area contributed by atoms with E-state index in [4.69, 9.17) is 0 Å². The first-order valence-electron chi connectivity index (χ1n) is 6.44. The van der Waals surface area contributed by atoms with Gasteiger partial charge in [-0.05, 0) is 46.3 Å². The van der Waals surface area contributed by atoms with E-state index < -0.39 is 11.7 Å². The molecule has 22 heavy (non-hydrogen) atoms. The maximum Gasteiger partial charge on any atom is 0.253 e. The molecule has 0 saturated carbocycles. The third-order valence-corrected chi connectivity index (χ3v) is 3.00. The zero-order chi connectivity index (χ0) is 15.4. The summed E-state index contributed by atoms with van der Waals surface area (Å²) in [7, 11) is 0. The maximum atomic E-state index is 13.5. The van der Waals surface area contributed by atoms with Crippen molar-refractivity contribution in [3.05, 3.63) is 66.0 Å². The Hall–Kier alpha value is -3.16. The van der Waals surface area contributed by atoms with Gasteiger partial charge in [0.2, 0.25) is 0 Å². The predicted molar refractivity (Wildman–Crippen MR) is 74.5 cm³/mol. The van der Waals surface area contributed by atoms with E-state index in [0.29, 0.717) is 12.2 Å². The van der Waals surface area contributed by atoms with E-state index in [9.17, 15) is 9.18 Å². The Morgan fingerprint density at radius 2 is 2.05 bits per heavy atom. The quantitative estimate of drug-likeness (QED) is 0.780. The van der Waals surface area contributed by atoms with Crippen LogP contribution >= 0.6 is 0 Å². The van der Waals surface area contributed by atoms with Crippen molar-refractivity contribution >= 4 is 5.91 Å². The van der Waals surface area contributed by atoms with Gasteiger partial charge in [0.25, 0.3) is 5.91 Å². The number of hydrogen-bond acceptors (Lipinski definition) is 5. The third kappa shape index (κ3) is 2.95. The Kier molecular flexibility index (Phi) is 3.82. The summed E-state index contributed by atoms with van der Waals surface area (Å²) >= 11 is 0. The van der Waals surface area contributed by atoms with E-state index in [-0.39, 0.29) is 5.56 Å². The molecule has 2 heterocycles. The molecule has 0 saturated heterocycles. The average Bonchev–Trinajstić information content (AvgIpc) is 3.08. The number of amides is 1. The SMILES string of the molecule is O=C(NCc1ccncc1)c1cc(F)ccc1-n1cnnn1. The number of aromatic nitrogens is 5. The molecule has 0 bridgehead atoms. The molecule has 1 N–H and O–H groups in total. The first-order valence-corrected chi connectivity index (χ1v) is 6.44. The first-order chi connectivity index (χ1) is 10.7. The van der Waals surface area contributed by atoms with Crippen molar-refractivity contribution in [3.63, 3.8) is 0 Å². The van der Waals surface area contributed by atoms with Gasteiger partial charge in [0.1, 0.15) is 12.1 Å². The van der Waals surface area contributed by atoms with Crippen LogP contribution in [0.2, 0.25) is 0 Å². The molecule has 110 valence electrons. The normalized spacial score (nSPS) is 10.4. The van der Waals surface area contributed by atoms with Gasteiger partial charge in [-0.25, -0.2) is 4.39 Å². The minimum atomic E-state index is -0.508. The van der Waals surface area contributed by atoms with Crippen molar-refractivity contribution in [2.75, 3.05) is 0 Å². The van der Waals surface area contributed by atoms with Crippen molar-refractivity contribution in [3.8, 4) is 5.69 Å². The monoisotopic (exact) mass is 298 g/mol. The van der Waals surface area contributed by atoms with Gasteiger partial charge in [-0.3, -0.25) is 9.78 Å². The second-order valence-electron chi connectivity index (χ2n) is 4.45. The molecular formula is C14H11FN6O. The van der Waals surface area contributed by atoms with Gasteiger partial charge in [-0.15, -0.1) is 5.10 Å². The molecule has 0 unspecified atom stereocenters. The molecule has 1 amide bonds. The summed E-state index contributed by atoms with van der Waals surface area (Å²) in [4.78, 5) is 16.2. The molecule has 0 fully saturated rings. The van der Waals surface area contributed by atoms with Crippen LogP contribution in [0.4, 0.5) is 4.39 Å². The number of hydrogen-bond donors (Lipinski definition) is 1. The summed E-state index contributed by atoms with van der Waals surface area (Å²) in [6.45, 7) is 0.312. The molecule has 1 aromatic carbocycles. The summed E-state index contributed by atoms with van der Waals surface area (Å²) in [5.41, 5.74) is 1.45. The highest BCUT2D eigenvalue weighted by molar-refractivity contribution is 5.97. The van der Waals surface area contributed by atoms with Crippen LogP contribution in [0, 0.1) is 5.82 Å². The van der Waals surface area contributed by atoms with Crippen LogP contribution in [-0.4, -0.2) is 31.1 Å². The second-order valence-corrected chi connectivity index (χ2v) is 4.45. The Labute approximate surface area is 124 Å². The lowest BCUT2D eigenvalue weighted by Crippen LogP contribution is -2.24. The summed E-state index contributed by atoms with van der Waals surface area (Å²) in [6, 6.07) is 7.42. The van der Waals surface area contributed by atoms with E-state index in [1.54, 1.807) is 24.5 Å². The van der Waals surface area contributed by atoms with Crippen molar-refractivity contribution in [2.24, 2.45) is 0 Å². The molecule has 3 rings (SSSR count). The van der Waals surface area contributed by atoms with E-state index in [1.807, 2.05) is 0 Å². The van der Waals surface area contributed by atoms with Crippen molar-refractivity contribution < 1.29 is 9.18 Å². The molecule has 7 nitrogen and oxygen atoms in total. The maximum absolute atomic E-state index is 13.5.